The summed E-state index contributed by atoms with van der Waals surface area (Å²) in [6, 6.07) is 3.73. The van der Waals surface area contributed by atoms with Gasteiger partial charge in [0.25, 0.3) is 0 Å². The van der Waals surface area contributed by atoms with Gasteiger partial charge in [-0.15, -0.1) is 0 Å². The SMILES string of the molecule is CCC1(CC)NC(=O)CN(Cc2ccc(Br)cn2)C1=O. The number of carbonyl (C=O) groups is 2. The molecule has 1 aromatic rings. The number of pyridine rings is 1. The molecular formula is C14H18BrN3O2. The van der Waals surface area contributed by atoms with Crippen LogP contribution in [0.2, 0.25) is 0 Å². The molecule has 1 aliphatic rings. The number of amides is 2. The summed E-state index contributed by atoms with van der Waals surface area (Å²) in [4.78, 5) is 30.3. The van der Waals surface area contributed by atoms with Crippen molar-refractivity contribution in [2.24, 2.45) is 0 Å². The molecule has 20 heavy (non-hydrogen) atoms. The van der Waals surface area contributed by atoms with Gasteiger partial charge < -0.3 is 10.2 Å². The van der Waals surface area contributed by atoms with Crippen LogP contribution in [-0.4, -0.2) is 33.8 Å². The van der Waals surface area contributed by atoms with Gasteiger partial charge >= 0.3 is 0 Å². The van der Waals surface area contributed by atoms with Crippen LogP contribution in [0.15, 0.2) is 22.8 Å². The molecule has 0 saturated carbocycles. The zero-order valence-corrected chi connectivity index (χ0v) is 13.2. The molecule has 1 aliphatic heterocycles. The number of hydrogen-bond acceptors (Lipinski definition) is 3. The fraction of sp³-hybridized carbons (Fsp3) is 0.500. The molecule has 0 unspecified atom stereocenters. The van der Waals surface area contributed by atoms with Crippen LogP contribution in [0.1, 0.15) is 32.4 Å². The molecule has 0 atom stereocenters. The molecule has 0 radical (unpaired) electrons. The number of nitrogens with one attached hydrogen (secondary N) is 1. The standard InChI is InChI=1S/C14H18BrN3O2/c1-3-14(4-2)13(20)18(9-12(19)17-14)8-11-6-5-10(15)7-16-11/h5-7H,3-4,8-9H2,1-2H3,(H,17,19). The Morgan fingerprint density at radius 3 is 2.60 bits per heavy atom. The molecule has 1 fully saturated rings. The Morgan fingerprint density at radius 1 is 1.35 bits per heavy atom. The Morgan fingerprint density at radius 2 is 2.05 bits per heavy atom. The summed E-state index contributed by atoms with van der Waals surface area (Å²) < 4.78 is 0.889. The Hall–Kier alpha value is -1.43. The smallest absolute Gasteiger partial charge is 0.249 e. The van der Waals surface area contributed by atoms with E-state index in [1.165, 1.54) is 0 Å². The van der Waals surface area contributed by atoms with Gasteiger partial charge in [-0.2, -0.15) is 0 Å². The molecule has 0 aliphatic carbocycles. The summed E-state index contributed by atoms with van der Waals surface area (Å²) >= 11 is 3.33. The zero-order valence-electron chi connectivity index (χ0n) is 11.6. The van der Waals surface area contributed by atoms with Gasteiger partial charge in [-0.25, -0.2) is 0 Å². The molecular weight excluding hydrogens is 322 g/mol. The van der Waals surface area contributed by atoms with E-state index in [9.17, 15) is 9.59 Å². The number of rotatable bonds is 4. The lowest BCUT2D eigenvalue weighted by molar-refractivity contribution is -0.151. The Kier molecular flexibility index (Phi) is 4.42. The van der Waals surface area contributed by atoms with Crippen molar-refractivity contribution in [3.63, 3.8) is 0 Å². The van der Waals surface area contributed by atoms with Crippen molar-refractivity contribution in [3.8, 4) is 0 Å². The maximum atomic E-state index is 12.6. The van der Waals surface area contributed by atoms with Crippen molar-refractivity contribution in [3.05, 3.63) is 28.5 Å². The molecule has 0 aromatic carbocycles. The highest BCUT2D eigenvalue weighted by Gasteiger charge is 2.43. The van der Waals surface area contributed by atoms with Crippen molar-refractivity contribution in [2.75, 3.05) is 6.54 Å². The van der Waals surface area contributed by atoms with Gasteiger partial charge in [-0.3, -0.25) is 14.6 Å². The first-order valence-electron chi connectivity index (χ1n) is 6.71. The van der Waals surface area contributed by atoms with E-state index in [-0.39, 0.29) is 18.4 Å². The molecule has 5 nitrogen and oxygen atoms in total. The van der Waals surface area contributed by atoms with Crippen molar-refractivity contribution >= 4 is 27.7 Å². The fourth-order valence-corrected chi connectivity index (χ4v) is 2.69. The van der Waals surface area contributed by atoms with Gasteiger partial charge in [-0.05, 0) is 40.9 Å². The predicted octanol–water partition coefficient (Wildman–Crippen LogP) is 1.86. The van der Waals surface area contributed by atoms with E-state index >= 15 is 0 Å². The van der Waals surface area contributed by atoms with Crippen molar-refractivity contribution in [2.45, 2.75) is 38.8 Å². The van der Waals surface area contributed by atoms with Crippen molar-refractivity contribution < 1.29 is 9.59 Å². The Labute approximate surface area is 126 Å². The van der Waals surface area contributed by atoms with Crippen LogP contribution in [0, 0.1) is 0 Å². The molecule has 2 heterocycles. The second-order valence-electron chi connectivity index (χ2n) is 4.97. The van der Waals surface area contributed by atoms with E-state index in [0.29, 0.717) is 19.4 Å². The molecule has 1 aromatic heterocycles. The second-order valence-corrected chi connectivity index (χ2v) is 5.88. The van der Waals surface area contributed by atoms with Crippen LogP contribution in [-0.2, 0) is 16.1 Å². The number of nitrogens with zero attached hydrogens (tertiary/aromatic N) is 2. The van der Waals surface area contributed by atoms with Crippen LogP contribution in [0.4, 0.5) is 0 Å². The average molecular weight is 340 g/mol. The predicted molar refractivity (Wildman–Crippen MR) is 78.8 cm³/mol. The highest BCUT2D eigenvalue weighted by atomic mass is 79.9. The Bertz CT molecular complexity index is 512. The third-order valence-corrected chi connectivity index (χ3v) is 4.23. The van der Waals surface area contributed by atoms with E-state index in [1.54, 1.807) is 11.1 Å². The normalized spacial score (nSPS) is 18.1. The van der Waals surface area contributed by atoms with Crippen LogP contribution < -0.4 is 5.32 Å². The monoisotopic (exact) mass is 339 g/mol. The summed E-state index contributed by atoms with van der Waals surface area (Å²) in [7, 11) is 0. The lowest BCUT2D eigenvalue weighted by Gasteiger charge is -2.41. The minimum atomic E-state index is -0.759. The van der Waals surface area contributed by atoms with Gasteiger partial charge in [-0.1, -0.05) is 13.8 Å². The number of aromatic nitrogens is 1. The van der Waals surface area contributed by atoms with Crippen LogP contribution in [0.25, 0.3) is 0 Å². The van der Waals surface area contributed by atoms with E-state index in [4.69, 9.17) is 0 Å². The first-order valence-corrected chi connectivity index (χ1v) is 7.51. The van der Waals surface area contributed by atoms with E-state index in [1.807, 2.05) is 26.0 Å². The summed E-state index contributed by atoms with van der Waals surface area (Å²) in [5.41, 5.74) is 0.0161. The maximum absolute atomic E-state index is 12.6. The topological polar surface area (TPSA) is 62.3 Å². The first kappa shape index (κ1) is 15.0. The quantitative estimate of drug-likeness (QED) is 0.910. The third-order valence-electron chi connectivity index (χ3n) is 3.76. The first-order chi connectivity index (χ1) is 9.50. The summed E-state index contributed by atoms with van der Waals surface area (Å²) in [5.74, 6) is -0.128. The average Bonchev–Trinajstić information content (AvgIpc) is 2.45. The van der Waals surface area contributed by atoms with Crippen LogP contribution in [0.5, 0.6) is 0 Å². The largest absolute Gasteiger partial charge is 0.340 e. The van der Waals surface area contributed by atoms with Crippen molar-refractivity contribution in [1.82, 2.24) is 15.2 Å². The van der Waals surface area contributed by atoms with Gasteiger partial charge in [0.1, 0.15) is 12.1 Å². The third kappa shape index (κ3) is 2.85. The number of halogens is 1. The molecule has 0 bridgehead atoms. The molecule has 1 saturated heterocycles. The van der Waals surface area contributed by atoms with E-state index < -0.39 is 5.54 Å². The molecule has 0 spiro atoms. The molecule has 2 rings (SSSR count). The van der Waals surface area contributed by atoms with Gasteiger partial charge in [0, 0.05) is 10.7 Å². The number of piperazine rings is 1. The lowest BCUT2D eigenvalue weighted by Crippen LogP contribution is -2.65. The van der Waals surface area contributed by atoms with Gasteiger partial charge in [0.2, 0.25) is 11.8 Å². The minimum absolute atomic E-state index is 0.0215. The van der Waals surface area contributed by atoms with E-state index in [2.05, 4.69) is 26.2 Å². The molecule has 6 heteroatoms. The lowest BCUT2D eigenvalue weighted by atomic mass is 9.89. The van der Waals surface area contributed by atoms with E-state index in [0.717, 1.165) is 10.2 Å². The van der Waals surface area contributed by atoms with Crippen molar-refractivity contribution in [1.29, 1.82) is 0 Å². The maximum Gasteiger partial charge on any atom is 0.249 e. The number of hydrogen-bond donors (Lipinski definition) is 1. The second kappa shape index (κ2) is 5.91. The highest BCUT2D eigenvalue weighted by Crippen LogP contribution is 2.23. The number of carbonyl (C=O) groups excluding carboxylic acids is 2. The Balaban J connectivity index is 2.20. The van der Waals surface area contributed by atoms with Gasteiger partial charge in [0.05, 0.1) is 12.2 Å². The van der Waals surface area contributed by atoms with Crippen LogP contribution >= 0.6 is 15.9 Å². The summed E-state index contributed by atoms with van der Waals surface area (Å²) in [6.07, 6.45) is 2.88. The molecule has 108 valence electrons. The molecule has 2 amide bonds. The molecule has 1 N–H and O–H groups in total. The highest BCUT2D eigenvalue weighted by molar-refractivity contribution is 9.10. The minimum Gasteiger partial charge on any atom is -0.340 e. The fourth-order valence-electron chi connectivity index (χ4n) is 2.46. The summed E-state index contributed by atoms with van der Waals surface area (Å²) in [6.45, 7) is 4.30. The zero-order chi connectivity index (χ0) is 14.8. The summed E-state index contributed by atoms with van der Waals surface area (Å²) in [5, 5.41) is 2.85. The van der Waals surface area contributed by atoms with Gasteiger partial charge in [0.15, 0.2) is 0 Å². The van der Waals surface area contributed by atoms with Crippen LogP contribution in [0.3, 0.4) is 0 Å².